The van der Waals surface area contributed by atoms with Gasteiger partial charge in [-0.1, -0.05) is 0 Å². The van der Waals surface area contributed by atoms with Crippen LogP contribution in [0.3, 0.4) is 0 Å². The number of amides is 2. The summed E-state index contributed by atoms with van der Waals surface area (Å²) < 4.78 is 13.5. The second kappa shape index (κ2) is 7.82. The van der Waals surface area contributed by atoms with Gasteiger partial charge in [-0.2, -0.15) is 0 Å². The van der Waals surface area contributed by atoms with Gasteiger partial charge in [-0.25, -0.2) is 9.98 Å². The van der Waals surface area contributed by atoms with Gasteiger partial charge in [0.05, 0.1) is 38.7 Å². The highest BCUT2D eigenvalue weighted by molar-refractivity contribution is 6.09. The largest absolute Gasteiger partial charge is 0.492 e. The molecule has 29 heavy (non-hydrogen) atoms. The molecular formula is C19H22N6O4. The van der Waals surface area contributed by atoms with E-state index < -0.39 is 11.9 Å². The fourth-order valence-electron chi connectivity index (χ4n) is 3.55. The molecule has 1 aromatic carbocycles. The number of hydrogen-bond acceptors (Lipinski definition) is 7. The van der Waals surface area contributed by atoms with Crippen LogP contribution in [0.4, 0.5) is 5.69 Å². The van der Waals surface area contributed by atoms with Crippen molar-refractivity contribution in [3.8, 4) is 11.5 Å². The van der Waals surface area contributed by atoms with Crippen LogP contribution in [0.15, 0.2) is 35.8 Å². The second-order valence-corrected chi connectivity index (χ2v) is 6.84. The molecule has 4 rings (SSSR count). The third-order valence-electron chi connectivity index (χ3n) is 4.92. The van der Waals surface area contributed by atoms with Gasteiger partial charge in [0.25, 0.3) is 0 Å². The normalized spacial score (nSPS) is 17.3. The fourth-order valence-corrected chi connectivity index (χ4v) is 3.55. The van der Waals surface area contributed by atoms with E-state index >= 15 is 0 Å². The number of benzene rings is 1. The summed E-state index contributed by atoms with van der Waals surface area (Å²) in [5, 5.41) is 2.71. The molecule has 3 N–H and O–H groups in total. The summed E-state index contributed by atoms with van der Waals surface area (Å²) in [7, 11) is 1.57. The fraction of sp³-hybridized carbons (Fsp3) is 0.368. The third-order valence-corrected chi connectivity index (χ3v) is 4.92. The number of ether oxygens (including phenoxy) is 2. The smallest absolute Gasteiger partial charge is 0.250 e. The second-order valence-electron chi connectivity index (χ2n) is 6.84. The number of carbonyl (C=O) groups excluding carboxylic acids is 2. The first-order valence-corrected chi connectivity index (χ1v) is 9.29. The van der Waals surface area contributed by atoms with E-state index in [0.29, 0.717) is 36.3 Å². The van der Waals surface area contributed by atoms with Crippen molar-refractivity contribution in [1.29, 1.82) is 0 Å². The van der Waals surface area contributed by atoms with Crippen molar-refractivity contribution in [1.82, 2.24) is 19.8 Å². The summed E-state index contributed by atoms with van der Waals surface area (Å²) in [6.45, 7) is 1.67. The van der Waals surface area contributed by atoms with Crippen LogP contribution in [0.1, 0.15) is 18.4 Å². The Hall–Kier alpha value is -3.56. The molecule has 1 unspecified atom stereocenters. The van der Waals surface area contributed by atoms with E-state index in [-0.39, 0.29) is 12.3 Å². The number of aliphatic imine (C=N–C) groups is 1. The predicted octanol–water partition coefficient (Wildman–Crippen LogP) is 0.538. The lowest BCUT2D eigenvalue weighted by Gasteiger charge is -2.29. The number of nitrogens with two attached hydrogens (primary N) is 1. The summed E-state index contributed by atoms with van der Waals surface area (Å²) in [4.78, 5) is 33.8. The third kappa shape index (κ3) is 3.73. The summed E-state index contributed by atoms with van der Waals surface area (Å²) in [6.07, 6.45) is 6.15. The molecule has 152 valence electrons. The predicted molar refractivity (Wildman–Crippen MR) is 104 cm³/mol. The van der Waals surface area contributed by atoms with Gasteiger partial charge in [0.15, 0.2) is 11.5 Å². The van der Waals surface area contributed by atoms with E-state index in [1.807, 2.05) is 22.9 Å². The highest BCUT2D eigenvalue weighted by Gasteiger charge is 2.40. The zero-order chi connectivity index (χ0) is 20.4. The molecule has 1 saturated heterocycles. The summed E-state index contributed by atoms with van der Waals surface area (Å²) >= 11 is 0. The summed E-state index contributed by atoms with van der Waals surface area (Å²) in [5.41, 5.74) is 6.79. The number of nitrogens with zero attached hydrogens (tertiary/aromatic N) is 4. The van der Waals surface area contributed by atoms with Crippen molar-refractivity contribution in [2.75, 3.05) is 13.7 Å². The maximum Gasteiger partial charge on any atom is 0.250 e. The molecule has 0 aliphatic carbocycles. The molecular weight excluding hydrogens is 376 g/mol. The van der Waals surface area contributed by atoms with Gasteiger partial charge in [0.1, 0.15) is 6.04 Å². The van der Waals surface area contributed by atoms with Crippen molar-refractivity contribution in [2.45, 2.75) is 32.0 Å². The van der Waals surface area contributed by atoms with Crippen molar-refractivity contribution < 1.29 is 19.1 Å². The Kier molecular flexibility index (Phi) is 5.07. The molecule has 2 aliphatic rings. The van der Waals surface area contributed by atoms with Gasteiger partial charge in [0, 0.05) is 24.5 Å². The zero-order valence-electron chi connectivity index (χ0n) is 16.0. The van der Waals surface area contributed by atoms with Crippen LogP contribution < -0.4 is 20.5 Å². The molecule has 0 bridgehead atoms. The van der Waals surface area contributed by atoms with E-state index in [1.165, 1.54) is 0 Å². The van der Waals surface area contributed by atoms with Gasteiger partial charge in [-0.15, -0.1) is 0 Å². The first kappa shape index (κ1) is 18.8. The maximum absolute atomic E-state index is 12.2. The van der Waals surface area contributed by atoms with E-state index in [0.717, 1.165) is 18.5 Å². The maximum atomic E-state index is 12.2. The molecule has 10 heteroatoms. The molecule has 1 atom stereocenters. The average Bonchev–Trinajstić information content (AvgIpc) is 3.31. The Bertz CT molecular complexity index is 956. The van der Waals surface area contributed by atoms with E-state index in [4.69, 9.17) is 15.2 Å². The Labute approximate surface area is 167 Å². The summed E-state index contributed by atoms with van der Waals surface area (Å²) in [5.74, 6) is 0.778. The van der Waals surface area contributed by atoms with Crippen molar-refractivity contribution >= 4 is 23.5 Å². The van der Waals surface area contributed by atoms with Crippen LogP contribution >= 0.6 is 0 Å². The van der Waals surface area contributed by atoms with Crippen LogP contribution in [-0.4, -0.2) is 52.0 Å². The monoisotopic (exact) mass is 398 g/mol. The lowest BCUT2D eigenvalue weighted by Crippen LogP contribution is -2.39. The number of aromatic nitrogens is 2. The van der Waals surface area contributed by atoms with Gasteiger partial charge >= 0.3 is 0 Å². The number of carbonyl (C=O) groups is 2. The molecule has 0 saturated carbocycles. The first-order valence-electron chi connectivity index (χ1n) is 9.29. The van der Waals surface area contributed by atoms with Crippen LogP contribution in [0.25, 0.3) is 0 Å². The van der Waals surface area contributed by atoms with Crippen molar-refractivity contribution in [3.05, 3.63) is 36.4 Å². The molecule has 0 spiro atoms. The van der Waals surface area contributed by atoms with Crippen molar-refractivity contribution in [3.63, 3.8) is 0 Å². The summed E-state index contributed by atoms with van der Waals surface area (Å²) in [6, 6.07) is 2.97. The zero-order valence-corrected chi connectivity index (χ0v) is 16.0. The number of primary amides is 1. The topological polar surface area (TPSA) is 124 Å². The van der Waals surface area contributed by atoms with E-state index in [1.54, 1.807) is 24.5 Å². The molecule has 3 heterocycles. The highest BCUT2D eigenvalue weighted by Crippen LogP contribution is 2.41. The van der Waals surface area contributed by atoms with E-state index in [9.17, 15) is 9.59 Å². The number of aryl methyl sites for hydroxylation is 1. The number of imidazole rings is 1. The lowest BCUT2D eigenvalue weighted by molar-refractivity contribution is -0.126. The Balaban J connectivity index is 1.51. The van der Waals surface area contributed by atoms with Crippen LogP contribution in [-0.2, 0) is 22.7 Å². The van der Waals surface area contributed by atoms with Crippen LogP contribution in [0.5, 0.6) is 11.5 Å². The minimum atomic E-state index is -0.677. The highest BCUT2D eigenvalue weighted by atomic mass is 16.5. The Morgan fingerprint density at radius 2 is 2.28 bits per heavy atom. The number of hydrogen-bond donors (Lipinski definition) is 2. The molecule has 1 aromatic heterocycles. The minimum absolute atomic E-state index is 0.0764. The van der Waals surface area contributed by atoms with E-state index in [2.05, 4.69) is 15.3 Å². The SMILES string of the molecule is COc1c(OCCCn2ccnc2)ccc2c1CN1C(=N2)NC(=O)C1CC(N)=O. The molecule has 2 aromatic rings. The number of methoxy groups -OCH3 is 1. The Morgan fingerprint density at radius 1 is 1.41 bits per heavy atom. The van der Waals surface area contributed by atoms with Gasteiger partial charge in [-0.3, -0.25) is 14.9 Å². The lowest BCUT2D eigenvalue weighted by atomic mass is 10.1. The molecule has 0 radical (unpaired) electrons. The van der Waals surface area contributed by atoms with Gasteiger partial charge in [-0.05, 0) is 18.6 Å². The average molecular weight is 398 g/mol. The number of guanidine groups is 1. The quantitative estimate of drug-likeness (QED) is 0.626. The minimum Gasteiger partial charge on any atom is -0.492 e. The molecule has 2 amide bonds. The number of rotatable bonds is 8. The number of nitrogens with one attached hydrogen (secondary N) is 1. The molecule has 2 aliphatic heterocycles. The van der Waals surface area contributed by atoms with Gasteiger partial charge in [0.2, 0.25) is 17.8 Å². The standard InChI is InChI=1S/C19H22N6O4/c1-28-17-12-10-25-14(9-16(20)26)18(27)23-19(25)22-13(12)3-4-15(17)29-8-2-6-24-7-5-21-11-24/h3-5,7,11,14H,2,6,8-10H2,1H3,(H2,20,26)(H,22,23,27). The van der Waals surface area contributed by atoms with Crippen LogP contribution in [0.2, 0.25) is 0 Å². The molecule has 10 nitrogen and oxygen atoms in total. The number of fused-ring (bicyclic) bond motifs is 2. The van der Waals surface area contributed by atoms with Crippen LogP contribution in [0, 0.1) is 0 Å². The van der Waals surface area contributed by atoms with Crippen molar-refractivity contribution in [2.24, 2.45) is 10.7 Å². The Morgan fingerprint density at radius 3 is 3.00 bits per heavy atom. The first-order chi connectivity index (χ1) is 14.1. The molecule has 1 fully saturated rings. The van der Waals surface area contributed by atoms with Gasteiger partial charge < -0.3 is 24.7 Å².